The van der Waals surface area contributed by atoms with Crippen LogP contribution in [-0.2, 0) is 19.1 Å². The summed E-state index contributed by atoms with van der Waals surface area (Å²) in [4.78, 5) is 24.9. The molecule has 0 amide bonds. The summed E-state index contributed by atoms with van der Waals surface area (Å²) in [6.07, 6.45) is 3.04. The van der Waals surface area contributed by atoms with Crippen molar-refractivity contribution in [2.75, 3.05) is 13.2 Å². The van der Waals surface area contributed by atoms with Gasteiger partial charge in [-0.3, -0.25) is 9.59 Å². The van der Waals surface area contributed by atoms with Crippen molar-refractivity contribution in [2.45, 2.75) is 66.7 Å². The summed E-state index contributed by atoms with van der Waals surface area (Å²) in [6.45, 7) is 9.95. The third kappa shape index (κ3) is 6.21. The molecule has 0 aromatic rings. The minimum atomic E-state index is -1.45. The first-order chi connectivity index (χ1) is 10.9. The number of ether oxygens (including phenoxy) is 2. The Kier molecular flexibility index (Phi) is 10.3. The maximum atomic E-state index is 12.5. The van der Waals surface area contributed by atoms with E-state index in [0.717, 1.165) is 6.42 Å². The van der Waals surface area contributed by atoms with Gasteiger partial charge >= 0.3 is 11.9 Å². The molecule has 0 aromatic heterocycles. The zero-order valence-corrected chi connectivity index (χ0v) is 15.2. The fourth-order valence-electron chi connectivity index (χ4n) is 2.74. The highest BCUT2D eigenvalue weighted by molar-refractivity contribution is 5.88. The first kappa shape index (κ1) is 21.4. The van der Waals surface area contributed by atoms with Crippen LogP contribution in [0, 0.1) is 28.6 Å². The van der Waals surface area contributed by atoms with Crippen molar-refractivity contribution in [1.82, 2.24) is 0 Å². The maximum absolute atomic E-state index is 12.5. The molecule has 0 spiro atoms. The minimum Gasteiger partial charge on any atom is -0.466 e. The number of hydrogen-bond acceptors (Lipinski definition) is 5. The van der Waals surface area contributed by atoms with Crippen molar-refractivity contribution < 1.29 is 19.1 Å². The van der Waals surface area contributed by atoms with Crippen LogP contribution in [0.25, 0.3) is 0 Å². The lowest BCUT2D eigenvalue weighted by Gasteiger charge is -2.31. The van der Waals surface area contributed by atoms with Crippen LogP contribution in [0.2, 0.25) is 0 Å². The number of nitriles is 1. The highest BCUT2D eigenvalue weighted by Gasteiger charge is 2.51. The minimum absolute atomic E-state index is 0.189. The van der Waals surface area contributed by atoms with Crippen LogP contribution in [0.3, 0.4) is 0 Å². The second kappa shape index (κ2) is 11.0. The predicted molar refractivity (Wildman–Crippen MR) is 88.4 cm³/mol. The van der Waals surface area contributed by atoms with Crippen molar-refractivity contribution in [3.05, 3.63) is 0 Å². The first-order valence-corrected chi connectivity index (χ1v) is 8.64. The number of hydrogen-bond donors (Lipinski definition) is 0. The topological polar surface area (TPSA) is 76.4 Å². The molecule has 0 bridgehead atoms. The van der Waals surface area contributed by atoms with E-state index in [1.54, 1.807) is 13.8 Å². The van der Waals surface area contributed by atoms with Crippen molar-refractivity contribution >= 4 is 11.9 Å². The van der Waals surface area contributed by atoms with E-state index in [1.165, 1.54) is 0 Å². The van der Waals surface area contributed by atoms with Crippen LogP contribution in [0.1, 0.15) is 66.7 Å². The van der Waals surface area contributed by atoms with Gasteiger partial charge in [-0.1, -0.05) is 40.0 Å². The SMILES string of the molecule is CCCC(C(=O)OCC)C(C#N)(CCCC(C)C)C(=O)OCC. The molecule has 0 N–H and O–H groups in total. The fourth-order valence-corrected chi connectivity index (χ4v) is 2.74. The van der Waals surface area contributed by atoms with Crippen molar-refractivity contribution in [1.29, 1.82) is 5.26 Å². The Morgan fingerprint density at radius 2 is 1.70 bits per heavy atom. The van der Waals surface area contributed by atoms with Gasteiger partial charge in [0.25, 0.3) is 0 Å². The number of carbonyl (C=O) groups excluding carboxylic acids is 2. The maximum Gasteiger partial charge on any atom is 0.327 e. The molecule has 5 nitrogen and oxygen atoms in total. The molecular formula is C18H31NO4. The summed E-state index contributed by atoms with van der Waals surface area (Å²) in [5.41, 5.74) is -1.45. The van der Waals surface area contributed by atoms with Gasteiger partial charge in [-0.15, -0.1) is 0 Å². The number of esters is 2. The molecule has 5 heteroatoms. The monoisotopic (exact) mass is 325 g/mol. The molecule has 0 heterocycles. The molecular weight excluding hydrogens is 294 g/mol. The summed E-state index contributed by atoms with van der Waals surface area (Å²) in [6, 6.07) is 2.12. The molecule has 0 aliphatic heterocycles. The lowest BCUT2D eigenvalue weighted by Crippen LogP contribution is -2.43. The Hall–Kier alpha value is -1.57. The van der Waals surface area contributed by atoms with Crippen LogP contribution in [-0.4, -0.2) is 25.2 Å². The average molecular weight is 325 g/mol. The molecule has 0 aromatic carbocycles. The van der Waals surface area contributed by atoms with Gasteiger partial charge in [0.15, 0.2) is 5.41 Å². The van der Waals surface area contributed by atoms with Crippen molar-refractivity contribution in [3.8, 4) is 6.07 Å². The third-order valence-electron chi connectivity index (χ3n) is 3.94. The molecule has 0 fully saturated rings. The Morgan fingerprint density at radius 3 is 2.13 bits per heavy atom. The van der Waals surface area contributed by atoms with E-state index in [4.69, 9.17) is 9.47 Å². The van der Waals surface area contributed by atoms with E-state index in [1.807, 2.05) is 6.92 Å². The summed E-state index contributed by atoms with van der Waals surface area (Å²) in [5.74, 6) is -1.38. The van der Waals surface area contributed by atoms with Gasteiger partial charge in [0, 0.05) is 0 Å². The lowest BCUT2D eigenvalue weighted by molar-refractivity contribution is -0.166. The second-order valence-corrected chi connectivity index (χ2v) is 6.18. The van der Waals surface area contributed by atoms with Gasteiger partial charge in [0.2, 0.25) is 0 Å². The number of carbonyl (C=O) groups is 2. The highest BCUT2D eigenvalue weighted by atomic mass is 16.5. The largest absolute Gasteiger partial charge is 0.466 e. The van der Waals surface area contributed by atoms with E-state index >= 15 is 0 Å². The number of nitrogens with zero attached hydrogens (tertiary/aromatic N) is 1. The zero-order valence-electron chi connectivity index (χ0n) is 15.2. The Bertz CT molecular complexity index is 414. The summed E-state index contributed by atoms with van der Waals surface area (Å²) >= 11 is 0. The average Bonchev–Trinajstić information content (AvgIpc) is 2.50. The molecule has 0 aliphatic carbocycles. The molecule has 23 heavy (non-hydrogen) atoms. The van der Waals surface area contributed by atoms with Gasteiger partial charge in [-0.2, -0.15) is 5.26 Å². The summed E-state index contributed by atoms with van der Waals surface area (Å²) in [5, 5.41) is 9.79. The van der Waals surface area contributed by atoms with E-state index in [9.17, 15) is 14.9 Å². The zero-order chi connectivity index (χ0) is 17.9. The molecule has 2 atom stereocenters. The van der Waals surface area contributed by atoms with E-state index in [2.05, 4.69) is 19.9 Å². The molecule has 0 saturated carbocycles. The normalized spacial score (nSPS) is 14.7. The van der Waals surface area contributed by atoms with Crippen LogP contribution in [0.5, 0.6) is 0 Å². The van der Waals surface area contributed by atoms with E-state index in [-0.39, 0.29) is 13.2 Å². The predicted octanol–water partition coefficient (Wildman–Crippen LogP) is 3.87. The summed E-state index contributed by atoms with van der Waals surface area (Å²) in [7, 11) is 0. The van der Waals surface area contributed by atoms with Crippen LogP contribution >= 0.6 is 0 Å². The van der Waals surface area contributed by atoms with Crippen molar-refractivity contribution in [2.24, 2.45) is 17.3 Å². The Labute approximate surface area is 140 Å². The smallest absolute Gasteiger partial charge is 0.327 e. The standard InChI is InChI=1S/C18H31NO4/c1-6-10-15(16(20)22-7-2)18(13-19,17(21)23-8-3)12-9-11-14(4)5/h14-15H,6-12H2,1-5H3. The van der Waals surface area contributed by atoms with E-state index < -0.39 is 23.3 Å². The van der Waals surface area contributed by atoms with Gasteiger partial charge in [0.1, 0.15) is 0 Å². The van der Waals surface area contributed by atoms with Crippen molar-refractivity contribution in [3.63, 3.8) is 0 Å². The van der Waals surface area contributed by atoms with Crippen LogP contribution in [0.4, 0.5) is 0 Å². The second-order valence-electron chi connectivity index (χ2n) is 6.18. The molecule has 0 saturated heterocycles. The van der Waals surface area contributed by atoms with Gasteiger partial charge in [-0.05, 0) is 32.6 Å². The molecule has 132 valence electrons. The van der Waals surface area contributed by atoms with Crippen LogP contribution in [0.15, 0.2) is 0 Å². The summed E-state index contributed by atoms with van der Waals surface area (Å²) < 4.78 is 10.3. The van der Waals surface area contributed by atoms with Gasteiger partial charge < -0.3 is 9.47 Å². The fraction of sp³-hybridized carbons (Fsp3) is 0.833. The Morgan fingerprint density at radius 1 is 1.09 bits per heavy atom. The molecule has 2 unspecified atom stereocenters. The number of rotatable bonds is 11. The highest BCUT2D eigenvalue weighted by Crippen LogP contribution is 2.39. The first-order valence-electron chi connectivity index (χ1n) is 8.64. The van der Waals surface area contributed by atoms with E-state index in [0.29, 0.717) is 31.6 Å². The lowest BCUT2D eigenvalue weighted by atomic mass is 9.70. The Balaban J connectivity index is 5.59. The molecule has 0 aliphatic rings. The quantitative estimate of drug-likeness (QED) is 0.539. The molecule has 0 radical (unpaired) electrons. The third-order valence-corrected chi connectivity index (χ3v) is 3.94. The van der Waals surface area contributed by atoms with Gasteiger partial charge in [-0.25, -0.2) is 0 Å². The van der Waals surface area contributed by atoms with Crippen LogP contribution < -0.4 is 0 Å². The molecule has 0 rings (SSSR count). The van der Waals surface area contributed by atoms with Gasteiger partial charge in [0.05, 0.1) is 25.2 Å².